The lowest BCUT2D eigenvalue weighted by molar-refractivity contribution is 0.0746. The molecule has 0 unspecified atom stereocenters. The van der Waals surface area contributed by atoms with Crippen molar-refractivity contribution in [1.29, 1.82) is 0 Å². The minimum atomic E-state index is 0.0346. The van der Waals surface area contributed by atoms with E-state index in [0.29, 0.717) is 24.4 Å². The molecule has 0 bridgehead atoms. The zero-order chi connectivity index (χ0) is 20.2. The lowest BCUT2D eigenvalue weighted by atomic mass is 10.1. The van der Waals surface area contributed by atoms with Crippen LogP contribution in [0.1, 0.15) is 16.2 Å². The molecule has 0 radical (unpaired) electrons. The zero-order valence-electron chi connectivity index (χ0n) is 16.7. The van der Waals surface area contributed by atoms with E-state index in [1.54, 1.807) is 13.2 Å². The maximum atomic E-state index is 12.8. The predicted octanol–water partition coefficient (Wildman–Crippen LogP) is 3.42. The number of anilines is 1. The van der Waals surface area contributed by atoms with Gasteiger partial charge < -0.3 is 14.5 Å². The molecule has 148 valence electrons. The highest BCUT2D eigenvalue weighted by atomic mass is 16.5. The van der Waals surface area contributed by atoms with Crippen molar-refractivity contribution in [1.82, 2.24) is 14.9 Å². The van der Waals surface area contributed by atoms with E-state index in [0.717, 1.165) is 36.0 Å². The summed E-state index contributed by atoms with van der Waals surface area (Å²) >= 11 is 0. The molecule has 1 saturated heterocycles. The molecular formula is C23H24N4O2. The number of aromatic nitrogens is 2. The number of amides is 1. The maximum Gasteiger partial charge on any atom is 0.254 e. The normalized spacial score (nSPS) is 14.0. The second-order valence-electron chi connectivity index (χ2n) is 7.04. The van der Waals surface area contributed by atoms with E-state index < -0.39 is 0 Å². The Morgan fingerprint density at radius 1 is 0.931 bits per heavy atom. The summed E-state index contributed by atoms with van der Waals surface area (Å²) in [6.07, 6.45) is 0. The standard InChI is InChI=1S/C23H24N4O2/c1-17-24-21(18-7-4-3-5-8-18)16-22(25-17)26-11-13-27(14-12-26)23(28)19-9-6-10-20(15-19)29-2/h3-10,15-16H,11-14H2,1-2H3. The number of hydrogen-bond acceptors (Lipinski definition) is 5. The molecule has 1 aliphatic heterocycles. The van der Waals surface area contributed by atoms with Gasteiger partial charge in [0.1, 0.15) is 17.4 Å². The minimum absolute atomic E-state index is 0.0346. The van der Waals surface area contributed by atoms with Gasteiger partial charge in [0.2, 0.25) is 0 Å². The summed E-state index contributed by atoms with van der Waals surface area (Å²) < 4.78 is 5.23. The molecule has 1 aromatic heterocycles. The smallest absolute Gasteiger partial charge is 0.254 e. The molecular weight excluding hydrogens is 364 g/mol. The molecule has 0 atom stereocenters. The van der Waals surface area contributed by atoms with Crippen molar-refractivity contribution in [3.8, 4) is 17.0 Å². The van der Waals surface area contributed by atoms with Crippen molar-refractivity contribution in [2.75, 3.05) is 38.2 Å². The Kier molecular flexibility index (Phi) is 5.42. The average Bonchev–Trinajstić information content (AvgIpc) is 2.79. The van der Waals surface area contributed by atoms with E-state index in [1.807, 2.05) is 54.3 Å². The Bertz CT molecular complexity index is 999. The highest BCUT2D eigenvalue weighted by Gasteiger charge is 2.23. The lowest BCUT2D eigenvalue weighted by Crippen LogP contribution is -2.49. The third-order valence-corrected chi connectivity index (χ3v) is 5.10. The molecule has 1 fully saturated rings. The molecule has 29 heavy (non-hydrogen) atoms. The van der Waals surface area contributed by atoms with E-state index in [9.17, 15) is 4.79 Å². The van der Waals surface area contributed by atoms with Gasteiger partial charge in [0.15, 0.2) is 0 Å². The molecule has 4 rings (SSSR count). The maximum absolute atomic E-state index is 12.8. The number of ether oxygens (including phenoxy) is 1. The average molecular weight is 388 g/mol. The number of benzene rings is 2. The van der Waals surface area contributed by atoms with Crippen LogP contribution in [0.3, 0.4) is 0 Å². The van der Waals surface area contributed by atoms with Crippen LogP contribution in [0.2, 0.25) is 0 Å². The molecule has 1 aliphatic rings. The van der Waals surface area contributed by atoms with Crippen LogP contribution in [0.25, 0.3) is 11.3 Å². The molecule has 3 aromatic rings. The Morgan fingerprint density at radius 2 is 1.69 bits per heavy atom. The second kappa shape index (κ2) is 8.31. The number of carbonyl (C=O) groups is 1. The number of methoxy groups -OCH3 is 1. The van der Waals surface area contributed by atoms with E-state index in [2.05, 4.69) is 27.0 Å². The first kappa shape index (κ1) is 18.9. The first-order valence-corrected chi connectivity index (χ1v) is 9.73. The van der Waals surface area contributed by atoms with Crippen LogP contribution in [0, 0.1) is 6.92 Å². The number of hydrogen-bond donors (Lipinski definition) is 0. The molecule has 1 amide bonds. The summed E-state index contributed by atoms with van der Waals surface area (Å²) in [7, 11) is 1.61. The van der Waals surface area contributed by atoms with E-state index in [4.69, 9.17) is 4.74 Å². The highest BCUT2D eigenvalue weighted by Crippen LogP contribution is 2.23. The van der Waals surface area contributed by atoms with Gasteiger partial charge in [0.25, 0.3) is 5.91 Å². The molecule has 0 spiro atoms. The summed E-state index contributed by atoms with van der Waals surface area (Å²) in [5, 5.41) is 0. The Hall–Kier alpha value is -3.41. The van der Waals surface area contributed by atoms with Crippen LogP contribution in [-0.2, 0) is 0 Å². The van der Waals surface area contributed by atoms with Gasteiger partial charge in [-0.1, -0.05) is 36.4 Å². The third kappa shape index (κ3) is 4.21. The largest absolute Gasteiger partial charge is 0.497 e. The zero-order valence-corrected chi connectivity index (χ0v) is 16.7. The van der Waals surface area contributed by atoms with Gasteiger partial charge in [-0.15, -0.1) is 0 Å². The predicted molar refractivity (Wildman–Crippen MR) is 113 cm³/mol. The van der Waals surface area contributed by atoms with Crippen LogP contribution >= 0.6 is 0 Å². The first-order chi connectivity index (χ1) is 14.1. The van der Waals surface area contributed by atoms with Gasteiger partial charge in [-0.25, -0.2) is 9.97 Å². The van der Waals surface area contributed by atoms with Gasteiger partial charge in [0, 0.05) is 43.4 Å². The number of carbonyl (C=O) groups excluding carboxylic acids is 1. The molecule has 0 N–H and O–H groups in total. The Morgan fingerprint density at radius 3 is 2.41 bits per heavy atom. The van der Waals surface area contributed by atoms with Crippen molar-refractivity contribution in [3.05, 3.63) is 72.1 Å². The van der Waals surface area contributed by atoms with Gasteiger partial charge >= 0.3 is 0 Å². The van der Waals surface area contributed by atoms with Gasteiger partial charge in [-0.05, 0) is 25.1 Å². The molecule has 2 aromatic carbocycles. The number of aryl methyl sites for hydroxylation is 1. The Balaban J connectivity index is 1.47. The van der Waals surface area contributed by atoms with Crippen molar-refractivity contribution in [2.24, 2.45) is 0 Å². The summed E-state index contributed by atoms with van der Waals surface area (Å²) in [6, 6.07) is 19.5. The fourth-order valence-electron chi connectivity index (χ4n) is 3.55. The van der Waals surface area contributed by atoms with Crippen LogP contribution in [0.5, 0.6) is 5.75 Å². The summed E-state index contributed by atoms with van der Waals surface area (Å²) in [5.74, 6) is 2.38. The van der Waals surface area contributed by atoms with Crippen LogP contribution in [0.15, 0.2) is 60.7 Å². The molecule has 0 saturated carbocycles. The van der Waals surface area contributed by atoms with Crippen molar-refractivity contribution >= 4 is 11.7 Å². The van der Waals surface area contributed by atoms with Crippen LogP contribution in [0.4, 0.5) is 5.82 Å². The molecule has 6 heteroatoms. The fraction of sp³-hybridized carbons (Fsp3) is 0.261. The quantitative estimate of drug-likeness (QED) is 0.685. The number of rotatable bonds is 4. The number of piperazine rings is 1. The lowest BCUT2D eigenvalue weighted by Gasteiger charge is -2.35. The van der Waals surface area contributed by atoms with E-state index in [1.165, 1.54) is 0 Å². The van der Waals surface area contributed by atoms with Crippen LogP contribution in [-0.4, -0.2) is 54.1 Å². The number of nitrogens with zero attached hydrogens (tertiary/aromatic N) is 4. The van der Waals surface area contributed by atoms with E-state index >= 15 is 0 Å². The van der Waals surface area contributed by atoms with Crippen molar-refractivity contribution < 1.29 is 9.53 Å². The van der Waals surface area contributed by atoms with Gasteiger partial charge in [0.05, 0.1) is 12.8 Å². The second-order valence-corrected chi connectivity index (χ2v) is 7.04. The fourth-order valence-corrected chi connectivity index (χ4v) is 3.55. The summed E-state index contributed by atoms with van der Waals surface area (Å²) in [5.41, 5.74) is 2.65. The third-order valence-electron chi connectivity index (χ3n) is 5.10. The van der Waals surface area contributed by atoms with Crippen LogP contribution < -0.4 is 9.64 Å². The van der Waals surface area contributed by atoms with E-state index in [-0.39, 0.29) is 5.91 Å². The SMILES string of the molecule is COc1cccc(C(=O)N2CCN(c3cc(-c4ccccc4)nc(C)n3)CC2)c1. The van der Waals surface area contributed by atoms with Crippen molar-refractivity contribution in [3.63, 3.8) is 0 Å². The highest BCUT2D eigenvalue weighted by molar-refractivity contribution is 5.94. The summed E-state index contributed by atoms with van der Waals surface area (Å²) in [6.45, 7) is 4.69. The monoisotopic (exact) mass is 388 g/mol. The van der Waals surface area contributed by atoms with Crippen molar-refractivity contribution in [2.45, 2.75) is 6.92 Å². The first-order valence-electron chi connectivity index (χ1n) is 9.73. The molecule has 2 heterocycles. The molecule has 0 aliphatic carbocycles. The topological polar surface area (TPSA) is 58.6 Å². The minimum Gasteiger partial charge on any atom is -0.497 e. The summed E-state index contributed by atoms with van der Waals surface area (Å²) in [4.78, 5) is 26.1. The molecule has 6 nitrogen and oxygen atoms in total. The Labute approximate surface area is 170 Å². The van der Waals surface area contributed by atoms with Gasteiger partial charge in [-0.3, -0.25) is 4.79 Å². The van der Waals surface area contributed by atoms with Gasteiger partial charge in [-0.2, -0.15) is 0 Å².